The molecule has 1 spiro atoms. The number of carboxylic acids is 1. The van der Waals surface area contributed by atoms with Crippen LogP contribution in [0.2, 0.25) is 0 Å². The van der Waals surface area contributed by atoms with Crippen LogP contribution in [0.15, 0.2) is 6.07 Å². The summed E-state index contributed by atoms with van der Waals surface area (Å²) in [6, 6.07) is 1.80. The standard InChI is InChI=1S/C14H19NO4S/c1-10-11(8-12(20-10)13(16)17)9-15-4-2-14(3-5-15)18-6-7-19-14/h8H,2-7,9H2,1H3,(H,16,17). The van der Waals surface area contributed by atoms with Crippen LogP contribution in [0, 0.1) is 6.92 Å². The van der Waals surface area contributed by atoms with Crippen molar-refractivity contribution in [3.05, 3.63) is 21.4 Å². The number of likely N-dealkylation sites (tertiary alicyclic amines) is 1. The van der Waals surface area contributed by atoms with E-state index >= 15 is 0 Å². The topological polar surface area (TPSA) is 59.0 Å². The van der Waals surface area contributed by atoms with E-state index in [1.165, 1.54) is 11.3 Å². The average molecular weight is 297 g/mol. The second-order valence-electron chi connectivity index (χ2n) is 5.38. The summed E-state index contributed by atoms with van der Waals surface area (Å²) in [5.74, 6) is -1.18. The minimum absolute atomic E-state index is 0.341. The first-order valence-electron chi connectivity index (χ1n) is 6.91. The van der Waals surface area contributed by atoms with E-state index in [9.17, 15) is 4.79 Å². The Kier molecular flexibility index (Phi) is 3.81. The first kappa shape index (κ1) is 14.0. The van der Waals surface area contributed by atoms with Crippen LogP contribution in [0.5, 0.6) is 0 Å². The number of aromatic carboxylic acids is 1. The zero-order valence-corrected chi connectivity index (χ0v) is 12.4. The van der Waals surface area contributed by atoms with Gasteiger partial charge in [0.15, 0.2) is 5.79 Å². The molecule has 0 amide bonds. The van der Waals surface area contributed by atoms with Gasteiger partial charge < -0.3 is 14.6 Å². The molecule has 20 heavy (non-hydrogen) atoms. The molecule has 1 N–H and O–H groups in total. The highest BCUT2D eigenvalue weighted by Crippen LogP contribution is 2.32. The van der Waals surface area contributed by atoms with Gasteiger partial charge in [-0.2, -0.15) is 0 Å². The van der Waals surface area contributed by atoms with Crippen molar-refractivity contribution in [1.29, 1.82) is 0 Å². The van der Waals surface area contributed by atoms with Gasteiger partial charge in [-0.25, -0.2) is 4.79 Å². The summed E-state index contributed by atoms with van der Waals surface area (Å²) >= 11 is 1.35. The molecule has 3 heterocycles. The van der Waals surface area contributed by atoms with Crippen LogP contribution in [-0.4, -0.2) is 48.1 Å². The Balaban J connectivity index is 1.60. The monoisotopic (exact) mass is 297 g/mol. The van der Waals surface area contributed by atoms with E-state index in [1.54, 1.807) is 6.07 Å². The van der Waals surface area contributed by atoms with Crippen LogP contribution in [0.4, 0.5) is 0 Å². The molecule has 2 aliphatic rings. The van der Waals surface area contributed by atoms with E-state index < -0.39 is 5.97 Å². The van der Waals surface area contributed by atoms with Gasteiger partial charge in [-0.3, -0.25) is 4.90 Å². The lowest BCUT2D eigenvalue weighted by atomic mass is 10.0. The maximum atomic E-state index is 11.0. The summed E-state index contributed by atoms with van der Waals surface area (Å²) < 4.78 is 11.4. The number of aryl methyl sites for hydroxylation is 1. The number of nitrogens with zero attached hydrogens (tertiary/aromatic N) is 1. The fraction of sp³-hybridized carbons (Fsp3) is 0.643. The lowest BCUT2D eigenvalue weighted by Crippen LogP contribution is -2.44. The number of piperidine rings is 1. The van der Waals surface area contributed by atoms with E-state index in [-0.39, 0.29) is 5.79 Å². The number of carboxylic acid groups (broad SMARTS) is 1. The Bertz CT molecular complexity index is 497. The maximum absolute atomic E-state index is 11.0. The van der Waals surface area contributed by atoms with Gasteiger partial charge in [0.1, 0.15) is 4.88 Å². The number of carbonyl (C=O) groups is 1. The first-order chi connectivity index (χ1) is 9.58. The van der Waals surface area contributed by atoms with E-state index in [0.717, 1.165) is 42.9 Å². The molecular formula is C14H19NO4S. The highest BCUT2D eigenvalue weighted by molar-refractivity contribution is 7.14. The molecule has 0 saturated carbocycles. The Morgan fingerprint density at radius 1 is 1.40 bits per heavy atom. The molecule has 0 bridgehead atoms. The number of thiophene rings is 1. The number of hydrogen-bond acceptors (Lipinski definition) is 5. The molecular weight excluding hydrogens is 278 g/mol. The van der Waals surface area contributed by atoms with Crippen molar-refractivity contribution >= 4 is 17.3 Å². The third-order valence-corrected chi connectivity index (χ3v) is 5.14. The molecule has 0 aromatic carbocycles. The smallest absolute Gasteiger partial charge is 0.345 e. The van der Waals surface area contributed by atoms with Crippen molar-refractivity contribution in [2.45, 2.75) is 32.1 Å². The largest absolute Gasteiger partial charge is 0.477 e. The number of ether oxygens (including phenoxy) is 2. The lowest BCUT2D eigenvalue weighted by Gasteiger charge is -2.37. The predicted molar refractivity (Wildman–Crippen MR) is 75.2 cm³/mol. The summed E-state index contributed by atoms with van der Waals surface area (Å²) in [5, 5.41) is 9.03. The first-order valence-corrected chi connectivity index (χ1v) is 7.72. The highest BCUT2D eigenvalue weighted by atomic mass is 32.1. The van der Waals surface area contributed by atoms with Gasteiger partial charge in [0.05, 0.1) is 13.2 Å². The minimum Gasteiger partial charge on any atom is -0.477 e. The zero-order chi connectivity index (χ0) is 14.2. The maximum Gasteiger partial charge on any atom is 0.345 e. The van der Waals surface area contributed by atoms with Gasteiger partial charge in [0.2, 0.25) is 0 Å². The van der Waals surface area contributed by atoms with Crippen molar-refractivity contribution in [3.8, 4) is 0 Å². The van der Waals surface area contributed by atoms with E-state index in [1.807, 2.05) is 6.92 Å². The SMILES string of the molecule is Cc1sc(C(=O)O)cc1CN1CCC2(CC1)OCCO2. The zero-order valence-electron chi connectivity index (χ0n) is 11.6. The lowest BCUT2D eigenvalue weighted by molar-refractivity contribution is -0.185. The molecule has 5 nitrogen and oxygen atoms in total. The predicted octanol–water partition coefficient (Wildman–Crippen LogP) is 2.09. The Morgan fingerprint density at radius 2 is 2.05 bits per heavy atom. The van der Waals surface area contributed by atoms with Crippen LogP contribution in [-0.2, 0) is 16.0 Å². The third-order valence-electron chi connectivity index (χ3n) is 4.06. The molecule has 0 unspecified atom stereocenters. The van der Waals surface area contributed by atoms with Crippen molar-refractivity contribution in [3.63, 3.8) is 0 Å². The summed E-state index contributed by atoms with van der Waals surface area (Å²) in [6.07, 6.45) is 1.78. The Morgan fingerprint density at radius 3 is 2.60 bits per heavy atom. The third kappa shape index (κ3) is 2.74. The molecule has 2 saturated heterocycles. The minimum atomic E-state index is -0.838. The number of rotatable bonds is 3. The highest BCUT2D eigenvalue weighted by Gasteiger charge is 2.39. The van der Waals surface area contributed by atoms with Gasteiger partial charge in [-0.15, -0.1) is 11.3 Å². The molecule has 0 atom stereocenters. The van der Waals surface area contributed by atoms with Crippen LogP contribution >= 0.6 is 11.3 Å². The van der Waals surface area contributed by atoms with Gasteiger partial charge >= 0.3 is 5.97 Å². The summed E-state index contributed by atoms with van der Waals surface area (Å²) in [7, 11) is 0. The Hall–Kier alpha value is -0.950. The molecule has 0 aliphatic carbocycles. The normalized spacial score (nSPS) is 22.4. The van der Waals surface area contributed by atoms with Crippen molar-refractivity contribution in [1.82, 2.24) is 4.90 Å². The van der Waals surface area contributed by atoms with Gasteiger partial charge in [0.25, 0.3) is 0 Å². The van der Waals surface area contributed by atoms with E-state index in [4.69, 9.17) is 14.6 Å². The van der Waals surface area contributed by atoms with Gasteiger partial charge in [-0.1, -0.05) is 0 Å². The molecule has 110 valence electrons. The second kappa shape index (κ2) is 5.44. The fourth-order valence-electron chi connectivity index (χ4n) is 2.86. The van der Waals surface area contributed by atoms with E-state index in [0.29, 0.717) is 18.1 Å². The fourth-order valence-corrected chi connectivity index (χ4v) is 3.73. The summed E-state index contributed by atoms with van der Waals surface area (Å²) in [5.41, 5.74) is 1.12. The van der Waals surface area contributed by atoms with Crippen LogP contribution in [0.1, 0.15) is 33.0 Å². The van der Waals surface area contributed by atoms with Crippen molar-refractivity contribution < 1.29 is 19.4 Å². The summed E-state index contributed by atoms with van der Waals surface area (Å²) in [6.45, 7) is 6.05. The summed E-state index contributed by atoms with van der Waals surface area (Å²) in [4.78, 5) is 14.9. The molecule has 0 radical (unpaired) electrons. The quantitative estimate of drug-likeness (QED) is 0.926. The molecule has 6 heteroatoms. The van der Waals surface area contributed by atoms with Crippen LogP contribution < -0.4 is 0 Å². The van der Waals surface area contributed by atoms with Gasteiger partial charge in [0, 0.05) is 37.4 Å². The molecule has 3 rings (SSSR count). The molecule has 1 aromatic rings. The van der Waals surface area contributed by atoms with Gasteiger partial charge in [-0.05, 0) is 18.6 Å². The van der Waals surface area contributed by atoms with Crippen LogP contribution in [0.25, 0.3) is 0 Å². The van der Waals surface area contributed by atoms with E-state index in [2.05, 4.69) is 4.90 Å². The molecule has 2 aliphatic heterocycles. The van der Waals surface area contributed by atoms with Crippen molar-refractivity contribution in [2.75, 3.05) is 26.3 Å². The second-order valence-corrected chi connectivity index (χ2v) is 6.64. The molecule has 2 fully saturated rings. The average Bonchev–Trinajstić information content (AvgIpc) is 3.01. The Labute approximate surface area is 122 Å². The van der Waals surface area contributed by atoms with Crippen molar-refractivity contribution in [2.24, 2.45) is 0 Å². The van der Waals surface area contributed by atoms with Crippen LogP contribution in [0.3, 0.4) is 0 Å². The number of hydrogen-bond donors (Lipinski definition) is 1. The molecule has 1 aromatic heterocycles.